The predicted molar refractivity (Wildman–Crippen MR) is 97.7 cm³/mol. The van der Waals surface area contributed by atoms with Crippen molar-refractivity contribution in [3.05, 3.63) is 75.9 Å². The smallest absolute Gasteiger partial charge is 0.369 e. The predicted octanol–water partition coefficient (Wildman–Crippen LogP) is 5.45. The Balaban J connectivity index is 1.76. The summed E-state index contributed by atoms with van der Waals surface area (Å²) in [5.41, 5.74) is 0.866. The van der Waals surface area contributed by atoms with Gasteiger partial charge in [0.1, 0.15) is 0 Å². The fourth-order valence-corrected chi connectivity index (χ4v) is 3.38. The zero-order valence-electron chi connectivity index (χ0n) is 15.8. The largest absolute Gasteiger partial charge is 0.416 e. The van der Waals surface area contributed by atoms with E-state index in [0.717, 1.165) is 17.2 Å². The highest BCUT2D eigenvalue weighted by atomic mass is 19.4. The third-order valence-corrected chi connectivity index (χ3v) is 4.83. The lowest BCUT2D eigenvalue weighted by Gasteiger charge is -2.17. The van der Waals surface area contributed by atoms with Crippen LogP contribution in [0, 0.1) is 0 Å². The van der Waals surface area contributed by atoms with E-state index in [1.165, 1.54) is 11.6 Å². The number of hydrogen-bond donors (Lipinski definition) is 2. The first-order valence-electron chi connectivity index (χ1n) is 9.12. The fourth-order valence-electron chi connectivity index (χ4n) is 3.38. The molecule has 3 rings (SSSR count). The topological polar surface area (TPSA) is 58.6 Å². The van der Waals surface area contributed by atoms with Crippen LogP contribution in [0.3, 0.4) is 0 Å². The van der Waals surface area contributed by atoms with Crippen molar-refractivity contribution in [2.75, 3.05) is 0 Å². The molecule has 10 heteroatoms. The SMILES string of the molecule is O=C(/C=C/c1ccc2c(c1)CCC2OCc1cc(C(F)(F)F)cc(C(F)(F)F)c1)NO. The molecule has 2 aromatic rings. The standard InChI is InChI=1S/C21H17F6NO3/c22-20(23,24)15-8-13(9-16(10-15)21(25,26)27)11-31-18-5-3-14-7-12(1-4-17(14)18)2-6-19(29)28-30/h1-2,4,6-10,18,30H,3,5,11H2,(H,28,29)/b6-2+. The van der Waals surface area contributed by atoms with Gasteiger partial charge in [0.05, 0.1) is 23.8 Å². The molecule has 0 fully saturated rings. The molecule has 4 nitrogen and oxygen atoms in total. The molecule has 1 aliphatic rings. The molecule has 0 saturated heterocycles. The lowest BCUT2D eigenvalue weighted by atomic mass is 10.0. The number of alkyl halides is 6. The number of carbonyl (C=O) groups excluding carboxylic acids is 1. The zero-order valence-corrected chi connectivity index (χ0v) is 15.8. The number of hydroxylamine groups is 1. The van der Waals surface area contributed by atoms with Crippen molar-refractivity contribution in [2.24, 2.45) is 0 Å². The molecule has 0 radical (unpaired) electrons. The Kier molecular flexibility index (Phi) is 6.42. The summed E-state index contributed by atoms with van der Waals surface area (Å²) >= 11 is 0. The van der Waals surface area contributed by atoms with E-state index >= 15 is 0 Å². The Labute approximate surface area is 173 Å². The Morgan fingerprint density at radius 1 is 1.06 bits per heavy atom. The molecule has 0 aromatic heterocycles. The molecule has 1 aliphatic carbocycles. The van der Waals surface area contributed by atoms with Crippen molar-refractivity contribution < 1.29 is 41.1 Å². The van der Waals surface area contributed by atoms with Crippen molar-refractivity contribution in [3.63, 3.8) is 0 Å². The quantitative estimate of drug-likeness (QED) is 0.279. The van der Waals surface area contributed by atoms with Crippen LogP contribution in [0.15, 0.2) is 42.5 Å². The van der Waals surface area contributed by atoms with Gasteiger partial charge in [-0.25, -0.2) is 5.48 Å². The van der Waals surface area contributed by atoms with Crippen LogP contribution < -0.4 is 5.48 Å². The van der Waals surface area contributed by atoms with Crippen LogP contribution in [0.4, 0.5) is 26.3 Å². The lowest BCUT2D eigenvalue weighted by Crippen LogP contribution is -2.14. The van der Waals surface area contributed by atoms with Gasteiger partial charge in [-0.2, -0.15) is 26.3 Å². The number of aryl methyl sites for hydroxylation is 1. The second-order valence-corrected chi connectivity index (χ2v) is 7.02. The molecule has 0 aliphatic heterocycles. The summed E-state index contributed by atoms with van der Waals surface area (Å²) < 4.78 is 83.6. The van der Waals surface area contributed by atoms with Crippen molar-refractivity contribution in [2.45, 2.75) is 37.9 Å². The van der Waals surface area contributed by atoms with Gasteiger partial charge in [0.15, 0.2) is 0 Å². The van der Waals surface area contributed by atoms with E-state index in [2.05, 4.69) is 0 Å². The number of fused-ring (bicyclic) bond motifs is 1. The van der Waals surface area contributed by atoms with E-state index < -0.39 is 42.1 Å². The van der Waals surface area contributed by atoms with Crippen LogP contribution in [0.2, 0.25) is 0 Å². The molecule has 166 valence electrons. The van der Waals surface area contributed by atoms with Crippen LogP contribution in [0.25, 0.3) is 6.08 Å². The van der Waals surface area contributed by atoms with Crippen LogP contribution in [-0.2, 0) is 34.9 Å². The van der Waals surface area contributed by atoms with Crippen molar-refractivity contribution in [1.82, 2.24) is 5.48 Å². The molecule has 2 N–H and O–H groups in total. The molecule has 0 spiro atoms. The molecule has 1 unspecified atom stereocenters. The minimum atomic E-state index is -4.91. The number of nitrogens with one attached hydrogen (secondary N) is 1. The minimum absolute atomic E-state index is 0.0838. The first kappa shape index (κ1) is 22.8. The maximum Gasteiger partial charge on any atom is 0.416 e. The zero-order chi connectivity index (χ0) is 22.8. The van der Waals surface area contributed by atoms with E-state index in [1.54, 1.807) is 18.2 Å². The summed E-state index contributed by atoms with van der Waals surface area (Å²) in [7, 11) is 0. The Hall–Kier alpha value is -2.85. The Morgan fingerprint density at radius 2 is 1.71 bits per heavy atom. The van der Waals surface area contributed by atoms with Gasteiger partial charge in [0.25, 0.3) is 5.91 Å². The average Bonchev–Trinajstić information content (AvgIpc) is 3.11. The normalized spacial score (nSPS) is 16.5. The van der Waals surface area contributed by atoms with Crippen LogP contribution in [-0.4, -0.2) is 11.1 Å². The van der Waals surface area contributed by atoms with Gasteiger partial charge >= 0.3 is 12.4 Å². The first-order chi connectivity index (χ1) is 14.5. The van der Waals surface area contributed by atoms with Crippen LogP contribution >= 0.6 is 0 Å². The third kappa shape index (κ3) is 5.65. The van der Waals surface area contributed by atoms with Gasteiger partial charge in [-0.05, 0) is 59.4 Å². The molecule has 1 amide bonds. The average molecular weight is 445 g/mol. The maximum absolute atomic E-state index is 13.0. The number of hydrogen-bond acceptors (Lipinski definition) is 3. The third-order valence-electron chi connectivity index (χ3n) is 4.83. The fraction of sp³-hybridized carbons (Fsp3) is 0.286. The van der Waals surface area contributed by atoms with Gasteiger partial charge < -0.3 is 4.74 Å². The van der Waals surface area contributed by atoms with E-state index in [0.29, 0.717) is 30.5 Å². The number of halogens is 6. The van der Waals surface area contributed by atoms with E-state index in [1.807, 2.05) is 0 Å². The number of rotatable bonds is 5. The van der Waals surface area contributed by atoms with Gasteiger partial charge in [0, 0.05) is 6.08 Å². The number of amides is 1. The van der Waals surface area contributed by atoms with Crippen molar-refractivity contribution in [1.29, 1.82) is 0 Å². The highest BCUT2D eigenvalue weighted by molar-refractivity contribution is 5.90. The summed E-state index contributed by atoms with van der Waals surface area (Å²) in [6.45, 7) is -0.407. The Morgan fingerprint density at radius 3 is 2.29 bits per heavy atom. The molecular formula is C21H17F6NO3. The van der Waals surface area contributed by atoms with Crippen LogP contribution in [0.5, 0.6) is 0 Å². The van der Waals surface area contributed by atoms with Crippen LogP contribution in [0.1, 0.15) is 45.9 Å². The molecule has 0 bridgehead atoms. The van der Waals surface area contributed by atoms with Gasteiger partial charge in [0.2, 0.25) is 0 Å². The summed E-state index contributed by atoms with van der Waals surface area (Å²) in [6, 6.07) is 6.62. The molecule has 1 atom stereocenters. The molecule has 0 saturated carbocycles. The minimum Gasteiger partial charge on any atom is -0.369 e. The number of carbonyl (C=O) groups is 1. The molecule has 31 heavy (non-hydrogen) atoms. The molecule has 0 heterocycles. The summed E-state index contributed by atoms with van der Waals surface area (Å²) in [6.07, 6.45) is -6.55. The highest BCUT2D eigenvalue weighted by Crippen LogP contribution is 2.38. The molecule has 2 aromatic carbocycles. The van der Waals surface area contributed by atoms with E-state index in [9.17, 15) is 31.1 Å². The second-order valence-electron chi connectivity index (χ2n) is 7.02. The molecular weight excluding hydrogens is 428 g/mol. The van der Waals surface area contributed by atoms with Gasteiger partial charge in [-0.3, -0.25) is 10.0 Å². The summed E-state index contributed by atoms with van der Waals surface area (Å²) in [4.78, 5) is 11.1. The van der Waals surface area contributed by atoms with Crippen molar-refractivity contribution >= 4 is 12.0 Å². The highest BCUT2D eigenvalue weighted by Gasteiger charge is 2.37. The number of ether oxygens (including phenoxy) is 1. The van der Waals surface area contributed by atoms with Gasteiger partial charge in [-0.1, -0.05) is 18.2 Å². The lowest BCUT2D eigenvalue weighted by molar-refractivity contribution is -0.143. The Bertz CT molecular complexity index is 965. The second kappa shape index (κ2) is 8.72. The number of benzene rings is 2. The first-order valence-corrected chi connectivity index (χ1v) is 9.12. The summed E-state index contributed by atoms with van der Waals surface area (Å²) in [5, 5.41) is 8.49. The van der Waals surface area contributed by atoms with Crippen molar-refractivity contribution in [3.8, 4) is 0 Å². The monoisotopic (exact) mass is 445 g/mol. The summed E-state index contributed by atoms with van der Waals surface area (Å²) in [5.74, 6) is -0.693. The van der Waals surface area contributed by atoms with E-state index in [4.69, 9.17) is 9.94 Å². The van der Waals surface area contributed by atoms with Gasteiger partial charge in [-0.15, -0.1) is 0 Å². The maximum atomic E-state index is 13.0. The van der Waals surface area contributed by atoms with E-state index in [-0.39, 0.29) is 11.6 Å².